The van der Waals surface area contributed by atoms with E-state index < -0.39 is 0 Å². The summed E-state index contributed by atoms with van der Waals surface area (Å²) in [5, 5.41) is 0.672. The van der Waals surface area contributed by atoms with Crippen LogP contribution in [0.4, 0.5) is 11.4 Å². The van der Waals surface area contributed by atoms with Crippen LogP contribution in [0, 0.1) is 6.92 Å². The summed E-state index contributed by atoms with van der Waals surface area (Å²) >= 11 is 6.17. The van der Waals surface area contributed by atoms with Crippen LogP contribution in [0.25, 0.3) is 0 Å². The fourth-order valence-corrected chi connectivity index (χ4v) is 3.56. The van der Waals surface area contributed by atoms with Gasteiger partial charge in [-0.2, -0.15) is 0 Å². The first kappa shape index (κ1) is 13.1. The van der Waals surface area contributed by atoms with E-state index in [4.69, 9.17) is 17.3 Å². The number of benzene rings is 1. The average Bonchev–Trinajstić information content (AvgIpc) is 3.03. The summed E-state index contributed by atoms with van der Waals surface area (Å²) in [6, 6.07) is 4.73. The van der Waals surface area contributed by atoms with Crippen molar-refractivity contribution in [2.45, 2.75) is 32.2 Å². The van der Waals surface area contributed by atoms with E-state index in [1.54, 1.807) is 0 Å². The molecule has 0 bridgehead atoms. The maximum Gasteiger partial charge on any atom is 0.0656 e. The van der Waals surface area contributed by atoms with Crippen molar-refractivity contribution in [1.82, 2.24) is 4.90 Å². The Kier molecular flexibility index (Phi) is 3.59. The molecule has 3 nitrogen and oxygen atoms in total. The molecule has 2 heterocycles. The molecular weight excluding hydrogens is 258 g/mol. The predicted octanol–water partition coefficient (Wildman–Crippen LogP) is 2.91. The van der Waals surface area contributed by atoms with Crippen LogP contribution in [0.5, 0.6) is 0 Å². The Morgan fingerprint density at radius 1 is 1.21 bits per heavy atom. The number of rotatable bonds is 2. The average molecular weight is 280 g/mol. The Morgan fingerprint density at radius 3 is 2.68 bits per heavy atom. The van der Waals surface area contributed by atoms with Gasteiger partial charge in [0.05, 0.1) is 10.7 Å². The zero-order valence-electron chi connectivity index (χ0n) is 11.5. The molecule has 3 rings (SSSR count). The molecule has 1 aromatic rings. The Labute approximate surface area is 120 Å². The van der Waals surface area contributed by atoms with Gasteiger partial charge < -0.3 is 10.6 Å². The van der Waals surface area contributed by atoms with E-state index >= 15 is 0 Å². The highest BCUT2D eigenvalue weighted by molar-refractivity contribution is 6.33. The van der Waals surface area contributed by atoms with Crippen molar-refractivity contribution >= 4 is 23.0 Å². The highest BCUT2D eigenvalue weighted by atomic mass is 35.5. The molecule has 0 aromatic heterocycles. The van der Waals surface area contributed by atoms with Gasteiger partial charge in [-0.05, 0) is 57.0 Å². The molecule has 0 amide bonds. The maximum atomic E-state index is 6.17. The van der Waals surface area contributed by atoms with Crippen LogP contribution in [-0.4, -0.2) is 37.1 Å². The monoisotopic (exact) mass is 279 g/mol. The van der Waals surface area contributed by atoms with Crippen LogP contribution in [0.1, 0.15) is 24.8 Å². The van der Waals surface area contributed by atoms with E-state index in [1.807, 2.05) is 12.1 Å². The minimum atomic E-state index is 0.672. The zero-order chi connectivity index (χ0) is 13.4. The molecule has 0 aliphatic carbocycles. The van der Waals surface area contributed by atoms with Gasteiger partial charge in [0, 0.05) is 24.8 Å². The SMILES string of the molecule is Cc1cc(N)c(Cl)cc1N1CCC(N2CCCC2)C1. The molecule has 1 unspecified atom stereocenters. The highest BCUT2D eigenvalue weighted by Crippen LogP contribution is 2.32. The van der Waals surface area contributed by atoms with E-state index in [-0.39, 0.29) is 0 Å². The smallest absolute Gasteiger partial charge is 0.0656 e. The molecule has 0 radical (unpaired) electrons. The van der Waals surface area contributed by atoms with Crippen LogP contribution in [0.15, 0.2) is 12.1 Å². The molecule has 2 saturated heterocycles. The van der Waals surface area contributed by atoms with E-state index in [1.165, 1.54) is 43.6 Å². The van der Waals surface area contributed by atoms with Gasteiger partial charge in [0.2, 0.25) is 0 Å². The van der Waals surface area contributed by atoms with Crippen molar-refractivity contribution in [3.05, 3.63) is 22.7 Å². The molecule has 2 aliphatic heterocycles. The van der Waals surface area contributed by atoms with Crippen molar-refractivity contribution in [2.75, 3.05) is 36.8 Å². The second-order valence-electron chi connectivity index (χ2n) is 5.79. The number of likely N-dealkylation sites (tertiary alicyclic amines) is 1. The Bertz CT molecular complexity index is 469. The number of aryl methyl sites for hydroxylation is 1. The quantitative estimate of drug-likeness (QED) is 0.845. The fraction of sp³-hybridized carbons (Fsp3) is 0.600. The van der Waals surface area contributed by atoms with Gasteiger partial charge in [-0.1, -0.05) is 11.6 Å². The van der Waals surface area contributed by atoms with Crippen molar-refractivity contribution in [1.29, 1.82) is 0 Å². The third-order valence-electron chi connectivity index (χ3n) is 4.48. The Hall–Kier alpha value is -0.930. The third kappa shape index (κ3) is 2.54. The summed E-state index contributed by atoms with van der Waals surface area (Å²) in [5.74, 6) is 0. The summed E-state index contributed by atoms with van der Waals surface area (Å²) < 4.78 is 0. The van der Waals surface area contributed by atoms with Gasteiger partial charge in [-0.3, -0.25) is 4.90 Å². The first-order valence-corrected chi connectivity index (χ1v) is 7.57. The lowest BCUT2D eigenvalue weighted by molar-refractivity contribution is 0.260. The second kappa shape index (κ2) is 5.22. The Morgan fingerprint density at radius 2 is 1.95 bits per heavy atom. The predicted molar refractivity (Wildman–Crippen MR) is 82.0 cm³/mol. The van der Waals surface area contributed by atoms with E-state index in [2.05, 4.69) is 16.7 Å². The fourth-order valence-electron chi connectivity index (χ4n) is 3.40. The van der Waals surface area contributed by atoms with Crippen molar-refractivity contribution in [3.8, 4) is 0 Å². The number of nitrogens with two attached hydrogens (primary N) is 1. The van der Waals surface area contributed by atoms with Gasteiger partial charge in [0.1, 0.15) is 0 Å². The van der Waals surface area contributed by atoms with Crippen LogP contribution in [-0.2, 0) is 0 Å². The number of hydrogen-bond donors (Lipinski definition) is 1. The number of nitrogen functional groups attached to an aromatic ring is 1. The van der Waals surface area contributed by atoms with Gasteiger partial charge in [-0.15, -0.1) is 0 Å². The summed E-state index contributed by atoms with van der Waals surface area (Å²) in [6.45, 7) is 6.93. The van der Waals surface area contributed by atoms with Gasteiger partial charge >= 0.3 is 0 Å². The molecule has 2 N–H and O–H groups in total. The molecule has 19 heavy (non-hydrogen) atoms. The van der Waals surface area contributed by atoms with Crippen molar-refractivity contribution in [3.63, 3.8) is 0 Å². The number of hydrogen-bond acceptors (Lipinski definition) is 3. The normalized spacial score (nSPS) is 24.3. The van der Waals surface area contributed by atoms with E-state index in [0.29, 0.717) is 10.7 Å². The summed E-state index contributed by atoms with van der Waals surface area (Å²) in [6.07, 6.45) is 3.99. The molecular formula is C15H22ClN3. The van der Waals surface area contributed by atoms with Crippen molar-refractivity contribution < 1.29 is 0 Å². The van der Waals surface area contributed by atoms with Crippen molar-refractivity contribution in [2.24, 2.45) is 0 Å². The molecule has 2 aliphatic rings. The molecule has 1 atom stereocenters. The van der Waals surface area contributed by atoms with Crippen LogP contribution in [0.2, 0.25) is 5.02 Å². The molecule has 0 saturated carbocycles. The highest BCUT2D eigenvalue weighted by Gasteiger charge is 2.29. The third-order valence-corrected chi connectivity index (χ3v) is 4.80. The zero-order valence-corrected chi connectivity index (χ0v) is 12.3. The number of anilines is 2. The lowest BCUT2D eigenvalue weighted by Crippen LogP contribution is -2.35. The molecule has 4 heteroatoms. The van der Waals surface area contributed by atoms with Gasteiger partial charge in [0.15, 0.2) is 0 Å². The minimum Gasteiger partial charge on any atom is -0.398 e. The maximum absolute atomic E-state index is 6.17. The van der Waals surface area contributed by atoms with Crippen LogP contribution >= 0.6 is 11.6 Å². The summed E-state index contributed by atoms with van der Waals surface area (Å²) in [4.78, 5) is 5.11. The topological polar surface area (TPSA) is 32.5 Å². The Balaban J connectivity index is 1.75. The molecule has 0 spiro atoms. The first-order valence-electron chi connectivity index (χ1n) is 7.20. The molecule has 104 valence electrons. The van der Waals surface area contributed by atoms with Gasteiger partial charge in [0.25, 0.3) is 0 Å². The lowest BCUT2D eigenvalue weighted by Gasteiger charge is -2.25. The van der Waals surface area contributed by atoms with Crippen LogP contribution in [0.3, 0.4) is 0 Å². The van der Waals surface area contributed by atoms with E-state index in [9.17, 15) is 0 Å². The number of halogens is 1. The molecule has 1 aromatic carbocycles. The number of nitrogens with zero attached hydrogens (tertiary/aromatic N) is 2. The minimum absolute atomic E-state index is 0.672. The van der Waals surface area contributed by atoms with E-state index in [0.717, 1.165) is 19.1 Å². The second-order valence-corrected chi connectivity index (χ2v) is 6.20. The first-order chi connectivity index (χ1) is 9.15. The molecule has 2 fully saturated rings. The lowest BCUT2D eigenvalue weighted by atomic mass is 10.1. The van der Waals surface area contributed by atoms with Crippen LogP contribution < -0.4 is 10.6 Å². The summed E-state index contributed by atoms with van der Waals surface area (Å²) in [5.41, 5.74) is 9.01. The summed E-state index contributed by atoms with van der Waals surface area (Å²) in [7, 11) is 0. The largest absolute Gasteiger partial charge is 0.398 e. The van der Waals surface area contributed by atoms with Gasteiger partial charge in [-0.25, -0.2) is 0 Å². The standard InChI is InChI=1S/C15H22ClN3/c1-11-8-14(17)13(16)9-15(11)19-7-4-12(10-19)18-5-2-3-6-18/h8-9,12H,2-7,10,17H2,1H3.